The van der Waals surface area contributed by atoms with Gasteiger partial charge in [0.15, 0.2) is 5.78 Å². The van der Waals surface area contributed by atoms with E-state index in [9.17, 15) is 4.79 Å². The molecule has 0 aliphatic heterocycles. The molecule has 2 aliphatic carbocycles. The average Bonchev–Trinajstić information content (AvgIpc) is 2.96. The van der Waals surface area contributed by atoms with Crippen LogP contribution in [0.5, 0.6) is 0 Å². The number of Topliss-reactive ketones (excluding diaryl/α,β-unsaturated/α-hetero) is 1. The van der Waals surface area contributed by atoms with Crippen molar-refractivity contribution in [3.8, 4) is 0 Å². The molecule has 6 nitrogen and oxygen atoms in total. The summed E-state index contributed by atoms with van der Waals surface area (Å²) < 4.78 is 1.90. The summed E-state index contributed by atoms with van der Waals surface area (Å²) in [5, 5.41) is 4.75. The summed E-state index contributed by atoms with van der Waals surface area (Å²) in [6.07, 6.45) is 9.71. The maximum Gasteiger partial charge on any atom is 0.220 e. The van der Waals surface area contributed by atoms with Gasteiger partial charge in [0, 0.05) is 25.6 Å². The number of nitrogen functional groups attached to an aromatic ring is 1. The smallest absolute Gasteiger partial charge is 0.220 e. The number of nitrogens with zero attached hydrogens (tertiary/aromatic N) is 4. The summed E-state index contributed by atoms with van der Waals surface area (Å²) in [5.74, 6) is 1.03. The van der Waals surface area contributed by atoms with Crippen molar-refractivity contribution < 1.29 is 4.79 Å². The number of hydrogen-bond donors (Lipinski definition) is 1. The summed E-state index contributed by atoms with van der Waals surface area (Å²) in [6, 6.07) is 0. The minimum absolute atomic E-state index is 0.0897. The van der Waals surface area contributed by atoms with Crippen LogP contribution in [0.25, 0.3) is 0 Å². The number of ketones is 1. The first-order valence-corrected chi connectivity index (χ1v) is 9.22. The third-order valence-corrected chi connectivity index (χ3v) is 5.65. The highest BCUT2D eigenvalue weighted by Crippen LogP contribution is 2.40. The summed E-state index contributed by atoms with van der Waals surface area (Å²) >= 11 is 0. The predicted octanol–water partition coefficient (Wildman–Crippen LogP) is 3.06. The lowest BCUT2D eigenvalue weighted by molar-refractivity contribution is 0.0961. The van der Waals surface area contributed by atoms with Crippen LogP contribution in [0, 0.1) is 6.92 Å². The van der Waals surface area contributed by atoms with Gasteiger partial charge in [-0.3, -0.25) is 9.48 Å². The average molecular weight is 339 g/mol. The highest BCUT2D eigenvalue weighted by molar-refractivity contribution is 5.99. The molecule has 1 fully saturated rings. The van der Waals surface area contributed by atoms with Crippen molar-refractivity contribution in [1.29, 1.82) is 0 Å². The van der Waals surface area contributed by atoms with Crippen LogP contribution in [0.2, 0.25) is 0 Å². The van der Waals surface area contributed by atoms with E-state index in [1.54, 1.807) is 0 Å². The van der Waals surface area contributed by atoms with Crippen molar-refractivity contribution in [2.24, 2.45) is 7.05 Å². The molecule has 0 aromatic carbocycles. The number of rotatable bonds is 2. The van der Waals surface area contributed by atoms with Crippen LogP contribution in [0.15, 0.2) is 6.20 Å². The summed E-state index contributed by atoms with van der Waals surface area (Å²) in [6.45, 7) is 1.84. The van der Waals surface area contributed by atoms with E-state index in [-0.39, 0.29) is 17.6 Å². The Morgan fingerprint density at radius 3 is 2.64 bits per heavy atom. The van der Waals surface area contributed by atoms with E-state index in [1.807, 2.05) is 18.7 Å². The Kier molecular flexibility index (Phi) is 4.06. The van der Waals surface area contributed by atoms with Gasteiger partial charge in [-0.1, -0.05) is 19.3 Å². The van der Waals surface area contributed by atoms with Gasteiger partial charge in [0.05, 0.1) is 22.6 Å². The van der Waals surface area contributed by atoms with Crippen molar-refractivity contribution in [2.45, 2.75) is 63.7 Å². The molecular weight excluding hydrogens is 314 g/mol. The van der Waals surface area contributed by atoms with E-state index in [0.717, 1.165) is 11.4 Å². The molecule has 2 aliphatic rings. The first kappa shape index (κ1) is 16.2. The molecule has 2 aromatic heterocycles. The lowest BCUT2D eigenvalue weighted by Crippen LogP contribution is -2.24. The molecule has 2 aromatic rings. The number of anilines is 1. The Balaban J connectivity index is 1.70. The van der Waals surface area contributed by atoms with Gasteiger partial charge in [-0.05, 0) is 37.7 Å². The fourth-order valence-corrected chi connectivity index (χ4v) is 4.56. The van der Waals surface area contributed by atoms with Gasteiger partial charge in [0.2, 0.25) is 5.95 Å². The molecule has 4 rings (SSSR count). The molecule has 0 amide bonds. The van der Waals surface area contributed by atoms with Gasteiger partial charge < -0.3 is 5.73 Å². The minimum Gasteiger partial charge on any atom is -0.368 e. The van der Waals surface area contributed by atoms with E-state index in [0.29, 0.717) is 30.0 Å². The van der Waals surface area contributed by atoms with Gasteiger partial charge in [-0.2, -0.15) is 5.10 Å². The van der Waals surface area contributed by atoms with Crippen LogP contribution < -0.4 is 5.73 Å². The van der Waals surface area contributed by atoms with Crippen molar-refractivity contribution in [3.63, 3.8) is 0 Å². The largest absolute Gasteiger partial charge is 0.368 e. The highest BCUT2D eigenvalue weighted by Gasteiger charge is 2.33. The number of aromatic nitrogens is 4. The summed E-state index contributed by atoms with van der Waals surface area (Å²) in [5.41, 5.74) is 10.4. The van der Waals surface area contributed by atoms with Crippen molar-refractivity contribution in [3.05, 3.63) is 34.4 Å². The van der Waals surface area contributed by atoms with Crippen LogP contribution >= 0.6 is 0 Å². The second-order valence-electron chi connectivity index (χ2n) is 7.50. The standard InChI is InChI=1S/C19H25N5O/c1-11-17-15(22-19(20)21-11)8-13(9-16(17)25)18-14(10-24(2)23-18)12-6-4-3-5-7-12/h10,12-13H,3-9H2,1-2H3,(H2,20,21,22). The Morgan fingerprint density at radius 1 is 1.12 bits per heavy atom. The van der Waals surface area contributed by atoms with E-state index in [4.69, 9.17) is 10.8 Å². The molecule has 2 heterocycles. The maximum atomic E-state index is 12.7. The van der Waals surface area contributed by atoms with Gasteiger partial charge in [-0.25, -0.2) is 9.97 Å². The van der Waals surface area contributed by atoms with Crippen LogP contribution in [0.4, 0.5) is 5.95 Å². The summed E-state index contributed by atoms with van der Waals surface area (Å²) in [4.78, 5) is 21.3. The molecule has 25 heavy (non-hydrogen) atoms. The van der Waals surface area contributed by atoms with Gasteiger partial charge in [0.25, 0.3) is 0 Å². The third kappa shape index (κ3) is 2.94. The molecular formula is C19H25N5O. The predicted molar refractivity (Wildman–Crippen MR) is 95.6 cm³/mol. The quantitative estimate of drug-likeness (QED) is 0.908. The summed E-state index contributed by atoms with van der Waals surface area (Å²) in [7, 11) is 1.97. The topological polar surface area (TPSA) is 86.7 Å². The van der Waals surface area contributed by atoms with E-state index < -0.39 is 0 Å². The van der Waals surface area contributed by atoms with Gasteiger partial charge >= 0.3 is 0 Å². The Hall–Kier alpha value is -2.24. The second-order valence-corrected chi connectivity index (χ2v) is 7.50. The molecule has 0 spiro atoms. The lowest BCUT2D eigenvalue weighted by Gasteiger charge is -2.26. The Morgan fingerprint density at radius 2 is 1.88 bits per heavy atom. The SMILES string of the molecule is Cc1nc(N)nc2c1C(=O)CC(c1nn(C)cc1C1CCCCC1)C2. The molecule has 0 saturated heterocycles. The number of aryl methyl sites for hydroxylation is 2. The van der Waals surface area contributed by atoms with Crippen molar-refractivity contribution in [1.82, 2.24) is 19.7 Å². The van der Waals surface area contributed by atoms with Crippen LogP contribution in [-0.2, 0) is 13.5 Å². The number of carbonyl (C=O) groups excluding carboxylic acids is 1. The van der Waals surface area contributed by atoms with Crippen LogP contribution in [-0.4, -0.2) is 25.5 Å². The Labute approximate surface area is 147 Å². The molecule has 2 N–H and O–H groups in total. The first-order chi connectivity index (χ1) is 12.0. The van der Waals surface area contributed by atoms with Gasteiger partial charge in [-0.15, -0.1) is 0 Å². The molecule has 132 valence electrons. The minimum atomic E-state index is 0.0897. The molecule has 1 atom stereocenters. The molecule has 6 heteroatoms. The van der Waals surface area contributed by atoms with E-state index in [2.05, 4.69) is 16.2 Å². The molecule has 1 saturated carbocycles. The highest BCUT2D eigenvalue weighted by atomic mass is 16.1. The van der Waals surface area contributed by atoms with Crippen LogP contribution in [0.1, 0.15) is 83.4 Å². The second kappa shape index (κ2) is 6.24. The first-order valence-electron chi connectivity index (χ1n) is 9.22. The fraction of sp³-hybridized carbons (Fsp3) is 0.579. The monoisotopic (exact) mass is 339 g/mol. The van der Waals surface area contributed by atoms with E-state index in [1.165, 1.54) is 37.7 Å². The third-order valence-electron chi connectivity index (χ3n) is 5.65. The normalized spacial score (nSPS) is 21.4. The Bertz CT molecular complexity index is 819. The molecule has 0 radical (unpaired) electrons. The zero-order chi connectivity index (χ0) is 17.6. The zero-order valence-corrected chi connectivity index (χ0v) is 15.0. The van der Waals surface area contributed by atoms with Crippen LogP contribution in [0.3, 0.4) is 0 Å². The number of hydrogen-bond acceptors (Lipinski definition) is 5. The maximum absolute atomic E-state index is 12.7. The van der Waals surface area contributed by atoms with Gasteiger partial charge in [0.1, 0.15) is 0 Å². The van der Waals surface area contributed by atoms with Crippen molar-refractivity contribution in [2.75, 3.05) is 5.73 Å². The number of fused-ring (bicyclic) bond motifs is 1. The zero-order valence-electron chi connectivity index (χ0n) is 15.0. The number of carbonyl (C=O) groups is 1. The molecule has 0 bridgehead atoms. The number of nitrogens with two attached hydrogens (primary N) is 1. The fourth-order valence-electron chi connectivity index (χ4n) is 4.56. The van der Waals surface area contributed by atoms with Crippen molar-refractivity contribution >= 4 is 11.7 Å². The van der Waals surface area contributed by atoms with E-state index >= 15 is 0 Å². The lowest BCUT2D eigenvalue weighted by atomic mass is 9.78. The molecule has 1 unspecified atom stereocenters.